The number of carbonyl (C=O) groups excluding carboxylic acids is 1. The van der Waals surface area contributed by atoms with E-state index >= 15 is 0 Å². The highest BCUT2D eigenvalue weighted by atomic mass is 32.2. The number of thioether (sulfide) groups is 1. The lowest BCUT2D eigenvalue weighted by molar-refractivity contribution is -0.113. The normalized spacial score (nSPS) is 10.3. The van der Waals surface area contributed by atoms with Crippen LogP contribution in [0.25, 0.3) is 0 Å². The Hall–Kier alpha value is -0.660. The number of carbonyl (C=O) groups is 1. The Morgan fingerprint density at radius 2 is 2.40 bits per heavy atom. The van der Waals surface area contributed by atoms with Gasteiger partial charge in [-0.3, -0.25) is 10.1 Å². The first-order chi connectivity index (χ1) is 7.26. The van der Waals surface area contributed by atoms with Crippen LogP contribution in [0.3, 0.4) is 0 Å². The van der Waals surface area contributed by atoms with Crippen molar-refractivity contribution in [1.29, 1.82) is 0 Å². The first kappa shape index (κ1) is 12.4. The van der Waals surface area contributed by atoms with Gasteiger partial charge >= 0.3 is 0 Å². The molecule has 0 unspecified atom stereocenters. The fourth-order valence-corrected chi connectivity index (χ4v) is 2.11. The highest BCUT2D eigenvalue weighted by Crippen LogP contribution is 2.15. The Labute approximate surface area is 96.8 Å². The summed E-state index contributed by atoms with van der Waals surface area (Å²) in [4.78, 5) is 11.4. The van der Waals surface area contributed by atoms with Gasteiger partial charge in [0, 0.05) is 12.3 Å². The van der Waals surface area contributed by atoms with Crippen molar-refractivity contribution in [3.05, 3.63) is 5.01 Å². The van der Waals surface area contributed by atoms with Crippen molar-refractivity contribution in [2.75, 3.05) is 23.4 Å². The molecule has 0 saturated heterocycles. The average Bonchev–Trinajstić information content (AvgIpc) is 2.66. The van der Waals surface area contributed by atoms with Gasteiger partial charge in [-0.2, -0.15) is 11.8 Å². The number of hydrogen-bond acceptors (Lipinski definition) is 6. The van der Waals surface area contributed by atoms with Crippen molar-refractivity contribution in [3.8, 4) is 0 Å². The van der Waals surface area contributed by atoms with Gasteiger partial charge in [0.05, 0.1) is 5.75 Å². The molecule has 15 heavy (non-hydrogen) atoms. The number of nitrogens with two attached hydrogens (primary N) is 1. The summed E-state index contributed by atoms with van der Waals surface area (Å²) in [5.41, 5.74) is 5.32. The molecular weight excluding hydrogens is 232 g/mol. The van der Waals surface area contributed by atoms with Gasteiger partial charge in [-0.05, 0) is 6.42 Å². The van der Waals surface area contributed by atoms with Crippen LogP contribution < -0.4 is 11.1 Å². The molecule has 5 nitrogen and oxygen atoms in total. The van der Waals surface area contributed by atoms with E-state index in [1.807, 2.05) is 6.92 Å². The molecule has 84 valence electrons. The standard InChI is InChI=1S/C8H14N4OS2/c1-2-7-11-12-8(15-7)10-6(13)5-14-4-3-9/h2-5,9H2,1H3,(H,10,12,13). The quantitative estimate of drug-likeness (QED) is 0.723. The zero-order valence-corrected chi connectivity index (χ0v) is 10.2. The molecule has 0 saturated carbocycles. The fraction of sp³-hybridized carbons (Fsp3) is 0.625. The molecule has 0 aliphatic carbocycles. The minimum Gasteiger partial charge on any atom is -0.330 e. The average molecular weight is 246 g/mol. The topological polar surface area (TPSA) is 80.9 Å². The second-order valence-electron chi connectivity index (χ2n) is 2.74. The number of aryl methyl sites for hydroxylation is 1. The maximum absolute atomic E-state index is 11.4. The predicted octanol–water partition coefficient (Wildman–Crippen LogP) is 0.731. The highest BCUT2D eigenvalue weighted by Gasteiger charge is 2.06. The number of aromatic nitrogens is 2. The molecule has 1 aromatic heterocycles. The zero-order valence-electron chi connectivity index (χ0n) is 8.52. The number of nitrogens with zero attached hydrogens (tertiary/aromatic N) is 2. The summed E-state index contributed by atoms with van der Waals surface area (Å²) in [7, 11) is 0. The van der Waals surface area contributed by atoms with Gasteiger partial charge in [0.1, 0.15) is 5.01 Å². The Morgan fingerprint density at radius 3 is 3.00 bits per heavy atom. The van der Waals surface area contributed by atoms with Crippen LogP contribution in [0.5, 0.6) is 0 Å². The van der Waals surface area contributed by atoms with Crippen LogP contribution in [-0.2, 0) is 11.2 Å². The van der Waals surface area contributed by atoms with Crippen LogP contribution in [-0.4, -0.2) is 34.2 Å². The van der Waals surface area contributed by atoms with E-state index in [4.69, 9.17) is 5.73 Å². The number of hydrogen-bond donors (Lipinski definition) is 2. The smallest absolute Gasteiger partial charge is 0.236 e. The Bertz CT molecular complexity index is 315. The van der Waals surface area contributed by atoms with Crippen LogP contribution in [0.4, 0.5) is 5.13 Å². The number of nitrogens with one attached hydrogen (secondary N) is 1. The van der Waals surface area contributed by atoms with E-state index in [1.165, 1.54) is 23.1 Å². The summed E-state index contributed by atoms with van der Waals surface area (Å²) < 4.78 is 0. The van der Waals surface area contributed by atoms with E-state index in [9.17, 15) is 4.79 Å². The van der Waals surface area contributed by atoms with Crippen LogP contribution >= 0.6 is 23.1 Å². The van der Waals surface area contributed by atoms with Crippen LogP contribution in [0.2, 0.25) is 0 Å². The number of anilines is 1. The summed E-state index contributed by atoms with van der Waals surface area (Å²) in [5.74, 6) is 1.16. The van der Waals surface area contributed by atoms with Gasteiger partial charge in [-0.15, -0.1) is 10.2 Å². The van der Waals surface area contributed by atoms with E-state index in [0.29, 0.717) is 17.4 Å². The van der Waals surface area contributed by atoms with Gasteiger partial charge < -0.3 is 5.73 Å². The molecule has 0 aliphatic rings. The van der Waals surface area contributed by atoms with Crippen molar-refractivity contribution in [3.63, 3.8) is 0 Å². The van der Waals surface area contributed by atoms with E-state index in [1.54, 1.807) is 0 Å². The molecule has 0 spiro atoms. The third kappa shape index (κ3) is 4.59. The van der Waals surface area contributed by atoms with Crippen LogP contribution in [0.1, 0.15) is 11.9 Å². The fourth-order valence-electron chi connectivity index (χ4n) is 0.851. The van der Waals surface area contributed by atoms with Gasteiger partial charge in [0.15, 0.2) is 0 Å². The molecule has 0 radical (unpaired) electrons. The van der Waals surface area contributed by atoms with Crippen molar-refractivity contribution in [2.24, 2.45) is 5.73 Å². The van der Waals surface area contributed by atoms with E-state index < -0.39 is 0 Å². The Morgan fingerprint density at radius 1 is 1.60 bits per heavy atom. The third-order valence-corrected chi connectivity index (χ3v) is 3.48. The van der Waals surface area contributed by atoms with Crippen molar-refractivity contribution in [1.82, 2.24) is 10.2 Å². The molecule has 1 aromatic rings. The first-order valence-electron chi connectivity index (χ1n) is 4.66. The van der Waals surface area contributed by atoms with E-state index in [2.05, 4.69) is 15.5 Å². The van der Waals surface area contributed by atoms with Crippen molar-refractivity contribution in [2.45, 2.75) is 13.3 Å². The van der Waals surface area contributed by atoms with Crippen LogP contribution in [0.15, 0.2) is 0 Å². The molecule has 1 heterocycles. The maximum atomic E-state index is 11.4. The molecule has 0 fully saturated rings. The summed E-state index contributed by atoms with van der Waals surface area (Å²) in [6, 6.07) is 0. The van der Waals surface area contributed by atoms with Gasteiger partial charge in [0.25, 0.3) is 0 Å². The van der Waals surface area contributed by atoms with Gasteiger partial charge in [-0.1, -0.05) is 18.3 Å². The predicted molar refractivity (Wildman–Crippen MR) is 64.3 cm³/mol. The summed E-state index contributed by atoms with van der Waals surface area (Å²) in [6.07, 6.45) is 0.843. The lowest BCUT2D eigenvalue weighted by Gasteiger charge is -1.99. The highest BCUT2D eigenvalue weighted by molar-refractivity contribution is 7.99. The molecule has 1 rings (SSSR count). The molecule has 0 bridgehead atoms. The minimum atomic E-state index is -0.0488. The van der Waals surface area contributed by atoms with E-state index in [0.717, 1.165) is 17.2 Å². The largest absolute Gasteiger partial charge is 0.330 e. The number of amides is 1. The third-order valence-electron chi connectivity index (χ3n) is 1.51. The van der Waals surface area contributed by atoms with Gasteiger partial charge in [0.2, 0.25) is 11.0 Å². The maximum Gasteiger partial charge on any atom is 0.236 e. The van der Waals surface area contributed by atoms with Crippen molar-refractivity contribution >= 4 is 34.1 Å². The minimum absolute atomic E-state index is 0.0488. The van der Waals surface area contributed by atoms with Gasteiger partial charge in [-0.25, -0.2) is 0 Å². The monoisotopic (exact) mass is 246 g/mol. The van der Waals surface area contributed by atoms with Crippen molar-refractivity contribution < 1.29 is 4.79 Å². The molecule has 0 atom stereocenters. The zero-order chi connectivity index (χ0) is 11.1. The molecule has 3 N–H and O–H groups in total. The molecule has 7 heteroatoms. The van der Waals surface area contributed by atoms with Crippen LogP contribution in [0, 0.1) is 0 Å². The van der Waals surface area contributed by atoms with E-state index in [-0.39, 0.29) is 5.91 Å². The lowest BCUT2D eigenvalue weighted by atomic mass is 10.5. The second kappa shape index (κ2) is 6.76. The Balaban J connectivity index is 2.31. The Kier molecular flexibility index (Phi) is 5.59. The lowest BCUT2D eigenvalue weighted by Crippen LogP contribution is -2.15. The second-order valence-corrected chi connectivity index (χ2v) is 4.91. The summed E-state index contributed by atoms with van der Waals surface area (Å²) >= 11 is 2.92. The molecule has 1 amide bonds. The number of rotatable bonds is 6. The summed E-state index contributed by atoms with van der Waals surface area (Å²) in [6.45, 7) is 2.60. The molecular formula is C8H14N4OS2. The first-order valence-corrected chi connectivity index (χ1v) is 6.63. The molecule has 0 aromatic carbocycles. The summed E-state index contributed by atoms with van der Waals surface area (Å²) in [5, 5.41) is 12.0. The SMILES string of the molecule is CCc1nnc(NC(=O)CSCCN)s1. The molecule has 0 aliphatic heterocycles.